The highest BCUT2D eigenvalue weighted by molar-refractivity contribution is 7.99. The molecule has 31 heavy (non-hydrogen) atoms. The van der Waals surface area contributed by atoms with Crippen molar-refractivity contribution in [3.8, 4) is 0 Å². The van der Waals surface area contributed by atoms with E-state index in [1.54, 1.807) is 12.1 Å². The molecule has 1 aromatic heterocycles. The number of halogens is 4. The molecule has 3 nitrogen and oxygen atoms in total. The lowest BCUT2D eigenvalue weighted by atomic mass is 10.0. The smallest absolute Gasteiger partial charge is 0.129 e. The van der Waals surface area contributed by atoms with Crippen molar-refractivity contribution in [2.75, 3.05) is 18.1 Å². The summed E-state index contributed by atoms with van der Waals surface area (Å²) in [6, 6.07) is 12.4. The Morgan fingerprint density at radius 1 is 1.10 bits per heavy atom. The minimum absolute atomic E-state index is 0.0187. The van der Waals surface area contributed by atoms with Crippen molar-refractivity contribution >= 4 is 40.8 Å². The van der Waals surface area contributed by atoms with E-state index >= 15 is 0 Å². The molecule has 1 aliphatic rings. The van der Waals surface area contributed by atoms with E-state index in [1.165, 1.54) is 24.0 Å². The second-order valence-electron chi connectivity index (χ2n) is 7.35. The lowest BCUT2D eigenvalue weighted by Gasteiger charge is -2.26. The fourth-order valence-corrected chi connectivity index (χ4v) is 5.39. The second kappa shape index (κ2) is 9.74. The summed E-state index contributed by atoms with van der Waals surface area (Å²) in [5.74, 6) is -0.380. The lowest BCUT2D eigenvalue weighted by Crippen LogP contribution is -2.32. The molecule has 4 rings (SSSR count). The number of hydrogen-bond donors (Lipinski definition) is 1. The molecule has 0 aliphatic carbocycles. The number of aromatic nitrogens is 1. The molecular formula is C23H20Cl2F2N2OS. The van der Waals surface area contributed by atoms with Gasteiger partial charge in [0.2, 0.25) is 0 Å². The molecule has 0 bridgehead atoms. The van der Waals surface area contributed by atoms with E-state index < -0.39 is 16.9 Å². The zero-order valence-electron chi connectivity index (χ0n) is 16.4. The van der Waals surface area contributed by atoms with E-state index in [9.17, 15) is 13.9 Å². The van der Waals surface area contributed by atoms with E-state index in [0.29, 0.717) is 21.4 Å². The van der Waals surface area contributed by atoms with Gasteiger partial charge in [0.15, 0.2) is 0 Å². The van der Waals surface area contributed by atoms with E-state index in [2.05, 4.69) is 4.98 Å². The quantitative estimate of drug-likeness (QED) is 0.408. The number of anilines is 1. The van der Waals surface area contributed by atoms with Gasteiger partial charge in [-0.3, -0.25) is 0 Å². The molecule has 1 unspecified atom stereocenters. The second-order valence-corrected chi connectivity index (χ2v) is 9.38. The van der Waals surface area contributed by atoms with Crippen LogP contribution in [0.3, 0.4) is 0 Å². The average Bonchev–Trinajstić information content (AvgIpc) is 3.25. The highest BCUT2D eigenvalue weighted by atomic mass is 35.5. The molecule has 0 radical (unpaired) electrons. The highest BCUT2D eigenvalue weighted by Gasteiger charge is 2.28. The summed E-state index contributed by atoms with van der Waals surface area (Å²) in [7, 11) is 0. The van der Waals surface area contributed by atoms with E-state index in [4.69, 9.17) is 23.2 Å². The maximum Gasteiger partial charge on any atom is 0.129 e. The van der Waals surface area contributed by atoms with Crippen molar-refractivity contribution in [2.45, 2.75) is 29.0 Å². The maximum atomic E-state index is 14.8. The first-order valence-corrected chi connectivity index (χ1v) is 11.5. The molecule has 0 spiro atoms. The Hall–Kier alpha value is -1.86. The van der Waals surface area contributed by atoms with Crippen LogP contribution in [0.4, 0.5) is 14.6 Å². The number of aliphatic hydroxyl groups excluding tert-OH is 1. The lowest BCUT2D eigenvalue weighted by molar-refractivity contribution is 0.266. The summed E-state index contributed by atoms with van der Waals surface area (Å²) >= 11 is 13.9. The van der Waals surface area contributed by atoms with Crippen molar-refractivity contribution in [3.05, 3.63) is 87.5 Å². The minimum atomic E-state index is -0.610. The van der Waals surface area contributed by atoms with Crippen LogP contribution < -0.4 is 4.90 Å². The summed E-state index contributed by atoms with van der Waals surface area (Å²) in [6.07, 6.45) is 3.36. The first kappa shape index (κ1) is 22.3. The highest BCUT2D eigenvalue weighted by Crippen LogP contribution is 2.45. The van der Waals surface area contributed by atoms with E-state index in [-0.39, 0.29) is 18.2 Å². The third-order valence-electron chi connectivity index (χ3n) is 5.34. The summed E-state index contributed by atoms with van der Waals surface area (Å²) in [5, 5.41) is 10.0. The zero-order chi connectivity index (χ0) is 22.0. The van der Waals surface area contributed by atoms with Crippen LogP contribution in [0, 0.1) is 11.6 Å². The first-order chi connectivity index (χ1) is 15.0. The monoisotopic (exact) mass is 480 g/mol. The molecule has 8 heteroatoms. The summed E-state index contributed by atoms with van der Waals surface area (Å²) < 4.78 is 28.9. The Morgan fingerprint density at radius 2 is 1.87 bits per heavy atom. The molecule has 1 N–H and O–H groups in total. The third kappa shape index (κ3) is 4.98. The summed E-state index contributed by atoms with van der Waals surface area (Å²) in [6.45, 7) is 0.795. The SMILES string of the molecule is OC[C@@H]1CCCN1c1cc(C(Sc2ccc(Cl)cc2)c2cc(F)ccc2F)c(Cl)cn1. The maximum absolute atomic E-state index is 14.8. The van der Waals surface area contributed by atoms with Crippen LogP contribution in [0.15, 0.2) is 59.6 Å². The van der Waals surface area contributed by atoms with Gasteiger partial charge in [0.05, 0.1) is 22.9 Å². The molecule has 2 heterocycles. The molecule has 2 atom stereocenters. The van der Waals surface area contributed by atoms with Gasteiger partial charge in [0, 0.05) is 28.2 Å². The van der Waals surface area contributed by atoms with Gasteiger partial charge in [0.25, 0.3) is 0 Å². The molecule has 0 amide bonds. The number of hydrogen-bond acceptors (Lipinski definition) is 4. The normalized spacial score (nSPS) is 17.2. The number of rotatable bonds is 6. The van der Waals surface area contributed by atoms with Crippen LogP contribution >= 0.6 is 35.0 Å². The fraction of sp³-hybridized carbons (Fsp3) is 0.261. The molecule has 162 valence electrons. The van der Waals surface area contributed by atoms with Crippen LogP contribution in [0.25, 0.3) is 0 Å². The van der Waals surface area contributed by atoms with Crippen LogP contribution in [0.2, 0.25) is 10.0 Å². The Labute approximate surface area is 194 Å². The zero-order valence-corrected chi connectivity index (χ0v) is 18.8. The van der Waals surface area contributed by atoms with Crippen LogP contribution in [-0.4, -0.2) is 29.3 Å². The average molecular weight is 481 g/mol. The van der Waals surface area contributed by atoms with Crippen LogP contribution in [0.1, 0.15) is 29.2 Å². The molecule has 3 aromatic rings. The van der Waals surface area contributed by atoms with Gasteiger partial charge >= 0.3 is 0 Å². The Kier molecular flexibility index (Phi) is 7.02. The Balaban J connectivity index is 1.80. The topological polar surface area (TPSA) is 36.4 Å². The van der Waals surface area contributed by atoms with Crippen LogP contribution in [-0.2, 0) is 0 Å². The molecule has 1 fully saturated rings. The van der Waals surface area contributed by atoms with Crippen LogP contribution in [0.5, 0.6) is 0 Å². The van der Waals surface area contributed by atoms with Crippen molar-refractivity contribution in [2.24, 2.45) is 0 Å². The van der Waals surface area contributed by atoms with Gasteiger partial charge in [-0.2, -0.15) is 0 Å². The van der Waals surface area contributed by atoms with Gasteiger partial charge in [-0.1, -0.05) is 23.2 Å². The first-order valence-electron chi connectivity index (χ1n) is 9.86. The molecule has 2 aromatic carbocycles. The molecular weight excluding hydrogens is 461 g/mol. The number of thioether (sulfide) groups is 1. The molecule has 1 saturated heterocycles. The largest absolute Gasteiger partial charge is 0.394 e. The van der Waals surface area contributed by atoms with Gasteiger partial charge in [-0.05, 0) is 66.9 Å². The molecule has 1 aliphatic heterocycles. The summed E-state index contributed by atoms with van der Waals surface area (Å²) in [4.78, 5) is 7.31. The van der Waals surface area contributed by atoms with Crippen molar-refractivity contribution < 1.29 is 13.9 Å². The van der Waals surface area contributed by atoms with Gasteiger partial charge in [-0.25, -0.2) is 13.8 Å². The van der Waals surface area contributed by atoms with E-state index in [1.807, 2.05) is 23.1 Å². The van der Waals surface area contributed by atoms with Crippen molar-refractivity contribution in [3.63, 3.8) is 0 Å². The third-order valence-corrected chi connectivity index (χ3v) is 7.20. The predicted octanol–water partition coefficient (Wildman–Crippen LogP) is 6.51. The number of benzene rings is 2. The Bertz CT molecular complexity index is 1070. The number of aliphatic hydroxyl groups is 1. The standard InChI is InChI=1S/C23H20Cl2F2N2OS/c24-14-3-6-17(7-4-14)31-23(19-10-15(26)5-8-21(19)27)18-11-22(28-12-20(18)25)29-9-1-2-16(29)13-30/h3-8,10-12,16,23,30H,1-2,9,13H2/t16-,23?/m0/s1. The van der Waals surface area contributed by atoms with Gasteiger partial charge in [0.1, 0.15) is 17.5 Å². The number of nitrogens with zero attached hydrogens (tertiary/aromatic N) is 2. The molecule has 0 saturated carbocycles. The fourth-order valence-electron chi connectivity index (χ4n) is 3.79. The number of pyridine rings is 1. The Morgan fingerprint density at radius 3 is 2.61 bits per heavy atom. The van der Waals surface area contributed by atoms with E-state index in [0.717, 1.165) is 36.4 Å². The van der Waals surface area contributed by atoms with Gasteiger partial charge < -0.3 is 10.0 Å². The van der Waals surface area contributed by atoms with Crippen molar-refractivity contribution in [1.82, 2.24) is 4.98 Å². The predicted molar refractivity (Wildman–Crippen MR) is 122 cm³/mol. The minimum Gasteiger partial charge on any atom is -0.394 e. The summed E-state index contributed by atoms with van der Waals surface area (Å²) in [5.41, 5.74) is 0.818. The van der Waals surface area contributed by atoms with Gasteiger partial charge in [-0.15, -0.1) is 11.8 Å². The van der Waals surface area contributed by atoms with Crippen molar-refractivity contribution in [1.29, 1.82) is 0 Å².